The molecule has 13 rings (SSSR count). The fourth-order valence-corrected chi connectivity index (χ4v) is 15.2. The van der Waals surface area contributed by atoms with Gasteiger partial charge in [-0.15, -0.1) is 3.63 Å². The van der Waals surface area contributed by atoms with Crippen LogP contribution in [0.5, 0.6) is 17.2 Å². The summed E-state index contributed by atoms with van der Waals surface area (Å²) in [5.74, 6) is 1.86. The minimum Gasteiger partial charge on any atom is -0.512 e. The Balaban J connectivity index is 0.000000320. The molecular formula is C91H112BBrF6N6O18S2Zn. The van der Waals surface area contributed by atoms with E-state index in [1.165, 1.54) is 33.0 Å². The number of aromatic hydroxyl groups is 3. The summed E-state index contributed by atoms with van der Waals surface area (Å²) in [6.07, 6.45) is 8.64. The van der Waals surface area contributed by atoms with E-state index in [4.69, 9.17) is 51.9 Å². The number of likely N-dealkylation sites (tertiary alicyclic amines) is 2. The number of piperidine rings is 2. The van der Waals surface area contributed by atoms with E-state index < -0.39 is 53.7 Å². The summed E-state index contributed by atoms with van der Waals surface area (Å²) in [5, 5.41) is 49.9. The molecule has 5 aliphatic heterocycles. The number of carbonyl (C=O) groups is 4. The molecule has 24 nitrogen and oxygen atoms in total. The molecule has 8 aromatic rings. The van der Waals surface area contributed by atoms with Crippen LogP contribution in [-0.4, -0.2) is 180 Å². The van der Waals surface area contributed by atoms with Gasteiger partial charge in [0.05, 0.1) is 11.2 Å². The molecule has 0 atom stereocenters. The molecule has 0 radical (unpaired) electrons. The van der Waals surface area contributed by atoms with Gasteiger partial charge in [-0.1, -0.05) is 125 Å². The second-order valence-corrected chi connectivity index (χ2v) is 39.3. The SMILES string of the molecule is CC(C)(C)OC(=O)N1CC=C(B2OC(C)(C)C(C)(C)O2)CC1.CC(C)(C)OC(=O)N1CC=C(c2ccc3cc(O)ccc3c2)CC1.CC(C)(C)OC(=O)N1CCC(c2ccc3cc(O)ccc3c2)CC1.Cc1ccc2cc(C3CCN(C(=O)OC(C)(C)C)CC3)ccc2c1.O=S(=O)(OS(=O)(=O)C(F)(F)F)C(F)(F)F.Oc1ccc2cc(Br)ccc2c1.[C-]#N.[C-]#N.[HH].[Zn+2]. The molecule has 3 saturated heterocycles. The molecule has 5 heterocycles. The Bertz CT molecular complexity index is 5210. The van der Waals surface area contributed by atoms with Crippen LogP contribution in [0.2, 0.25) is 0 Å². The number of phenols is 3. The molecule has 126 heavy (non-hydrogen) atoms. The maximum atomic E-state index is 12.2. The van der Waals surface area contributed by atoms with Crippen molar-refractivity contribution in [2.24, 2.45) is 0 Å². The third kappa shape index (κ3) is 32.2. The molecule has 680 valence electrons. The molecule has 0 spiro atoms. The quantitative estimate of drug-likeness (QED) is 0.0458. The zero-order chi connectivity index (χ0) is 94.0. The van der Waals surface area contributed by atoms with Crippen molar-refractivity contribution in [2.75, 3.05) is 52.4 Å². The summed E-state index contributed by atoms with van der Waals surface area (Å²) in [7, 11) is -14.0. The fourth-order valence-electron chi connectivity index (χ4n) is 13.2. The number of phenolic OH excluding ortho intramolecular Hbond substituents is 3. The normalized spacial score (nSPS) is 16.2. The van der Waals surface area contributed by atoms with Crippen LogP contribution in [0.3, 0.4) is 0 Å². The number of fused-ring (bicyclic) bond motifs is 4. The standard InChI is InChI=1S/C21H27NO2.C20H25NO3.C20H23NO3.C16H28BNO4.C10H7BrO.C2F6O5S2.2CN.Zn.H2/c1-15-5-6-19-14-18(8-7-17(19)13-15)16-9-11-22(12-10-16)20(23)24-21(2,3)4;2*1-20(2,3)24-19(23)21-10-8-14(9-11-21)15-4-5-17-13-18(22)7-6-16(17)12-15;1-14(2,3)20-13(19)18-10-8-12(9-11-18)17-21-15(4,5)16(6,7)22-17;11-9-3-1-8-6-10(12)4-2-7(8)5-9;3-1(4,5)14(9,10)13-15(11,12)2(6,7)8;2*1-2;;/h5-8,13-14,16H,9-12H2,1-4H3;4-7,12-14,22H,8-11H2,1-3H3;4-8,12-13,22H,9-11H2,1-3H3;8H,9-11H2,1-7H3;1-6,12H;;;;;1H/q;;;;;;2*-1;+2;. The largest absolute Gasteiger partial charge is 2.00 e. The summed E-state index contributed by atoms with van der Waals surface area (Å²) < 4.78 is 145. The summed E-state index contributed by atoms with van der Waals surface area (Å²) in [5.41, 5.74) is -7.49. The number of aryl methyl sites for hydroxylation is 1. The monoisotopic (exact) mass is 1910 g/mol. The van der Waals surface area contributed by atoms with Crippen molar-refractivity contribution in [3.05, 3.63) is 203 Å². The molecule has 0 aliphatic carbocycles. The first kappa shape index (κ1) is 107. The van der Waals surface area contributed by atoms with Crippen molar-refractivity contribution in [1.82, 2.24) is 19.6 Å². The first-order valence-electron chi connectivity index (χ1n) is 40.1. The number of carbonyl (C=O) groups excluding carboxylic acids is 4. The molecule has 5 aliphatic rings. The van der Waals surface area contributed by atoms with Crippen LogP contribution in [0.4, 0.5) is 45.5 Å². The molecule has 0 aromatic heterocycles. The Hall–Kier alpha value is -9.73. The van der Waals surface area contributed by atoms with E-state index in [-0.39, 0.29) is 69.3 Å². The third-order valence-electron chi connectivity index (χ3n) is 20.1. The Morgan fingerprint density at radius 3 is 1.10 bits per heavy atom. The number of halogens is 7. The predicted octanol–water partition coefficient (Wildman–Crippen LogP) is 22.1. The maximum Gasteiger partial charge on any atom is 2.00 e. The van der Waals surface area contributed by atoms with Gasteiger partial charge in [0.25, 0.3) is 0 Å². The summed E-state index contributed by atoms with van der Waals surface area (Å²) >= 11 is 3.39. The van der Waals surface area contributed by atoms with E-state index in [1.54, 1.807) is 51.1 Å². The van der Waals surface area contributed by atoms with Gasteiger partial charge in [0.1, 0.15) is 39.7 Å². The number of ether oxygens (including phenoxy) is 4. The number of hydrogen-bond donors (Lipinski definition) is 3. The van der Waals surface area contributed by atoms with Crippen LogP contribution < -0.4 is 0 Å². The van der Waals surface area contributed by atoms with Crippen LogP contribution in [0, 0.1) is 30.6 Å². The van der Waals surface area contributed by atoms with Crippen LogP contribution in [0.1, 0.15) is 185 Å². The van der Waals surface area contributed by atoms with Gasteiger partial charge in [0.15, 0.2) is 0 Å². The number of alkyl halides is 6. The third-order valence-corrected chi connectivity index (χ3v) is 23.2. The van der Waals surface area contributed by atoms with Gasteiger partial charge < -0.3 is 86.8 Å². The van der Waals surface area contributed by atoms with Gasteiger partial charge in [0.2, 0.25) is 0 Å². The molecule has 35 heteroatoms. The number of hydrogen-bond acceptors (Lipinski definition) is 20. The topological polar surface area (TPSA) is 322 Å². The van der Waals surface area contributed by atoms with Crippen LogP contribution in [-0.2, 0) is 71.6 Å². The second kappa shape index (κ2) is 44.3. The zero-order valence-electron chi connectivity index (χ0n) is 74.0. The summed E-state index contributed by atoms with van der Waals surface area (Å²) in [6.45, 7) is 47.9. The van der Waals surface area contributed by atoms with Gasteiger partial charge in [-0.25, -0.2) is 19.2 Å². The van der Waals surface area contributed by atoms with E-state index in [9.17, 15) is 77.7 Å². The average Bonchev–Trinajstić information content (AvgIpc) is 1.56. The van der Waals surface area contributed by atoms with Gasteiger partial charge in [-0.3, -0.25) is 0 Å². The number of nitrogens with zero attached hydrogens (tertiary/aromatic N) is 6. The Morgan fingerprint density at radius 1 is 0.444 bits per heavy atom. The van der Waals surface area contributed by atoms with Crippen molar-refractivity contribution < 1.29 is 130 Å². The molecule has 3 N–H and O–H groups in total. The van der Waals surface area contributed by atoms with Gasteiger partial charge in [-0.2, -0.15) is 43.2 Å². The maximum absolute atomic E-state index is 12.2. The number of benzene rings is 8. The van der Waals surface area contributed by atoms with Crippen molar-refractivity contribution in [1.29, 1.82) is 10.5 Å². The van der Waals surface area contributed by atoms with E-state index in [1.807, 2.05) is 168 Å². The predicted molar refractivity (Wildman–Crippen MR) is 473 cm³/mol. The number of amides is 4. The van der Waals surface area contributed by atoms with E-state index in [0.29, 0.717) is 49.5 Å². The Labute approximate surface area is 757 Å². The van der Waals surface area contributed by atoms with E-state index in [0.717, 1.165) is 113 Å². The van der Waals surface area contributed by atoms with Crippen molar-refractivity contribution in [3.63, 3.8) is 0 Å². The molecule has 0 unspecified atom stereocenters. The molecular weight excluding hydrogens is 1800 g/mol. The smallest absolute Gasteiger partial charge is 0.512 e. The first-order valence-corrected chi connectivity index (χ1v) is 43.7. The minimum absolute atomic E-state index is 0. The molecule has 4 amide bonds. The number of rotatable bonds is 6. The van der Waals surface area contributed by atoms with Crippen LogP contribution >= 0.6 is 15.9 Å². The zero-order valence-corrected chi connectivity index (χ0v) is 80.1. The van der Waals surface area contributed by atoms with Gasteiger partial charge in [-0.05, 0) is 293 Å². The molecule has 8 aromatic carbocycles. The molecule has 0 bridgehead atoms. The molecule has 3 fully saturated rings. The van der Waals surface area contributed by atoms with Gasteiger partial charge >= 0.3 is 82.2 Å². The molecule has 0 saturated carbocycles. The van der Waals surface area contributed by atoms with Crippen LogP contribution in [0.15, 0.2) is 168 Å². The summed E-state index contributed by atoms with van der Waals surface area (Å²) in [4.78, 5) is 55.6. The van der Waals surface area contributed by atoms with Crippen molar-refractivity contribution in [3.8, 4) is 17.2 Å². The van der Waals surface area contributed by atoms with Crippen LogP contribution in [0.25, 0.3) is 48.7 Å². The Kier molecular flexibility index (Phi) is 37.6. The fraction of sp³-hybridized carbons (Fsp3) is 0.451. The Morgan fingerprint density at radius 2 is 0.754 bits per heavy atom. The average molecular weight is 1910 g/mol. The first-order chi connectivity index (χ1) is 57.8. The van der Waals surface area contributed by atoms with Gasteiger partial charge in [0, 0.05) is 58.3 Å². The second-order valence-electron chi connectivity index (χ2n) is 35.1. The van der Waals surface area contributed by atoms with Crippen molar-refractivity contribution >= 4 is 116 Å². The van der Waals surface area contributed by atoms with E-state index in [2.05, 4.69) is 95.7 Å². The summed E-state index contributed by atoms with van der Waals surface area (Å²) in [6, 6.07) is 48.1. The minimum atomic E-state index is -6.85. The van der Waals surface area contributed by atoms with E-state index >= 15 is 0 Å². The van der Waals surface area contributed by atoms with Crippen molar-refractivity contribution in [2.45, 2.75) is 213 Å².